The molecule has 1 saturated heterocycles. The summed E-state index contributed by atoms with van der Waals surface area (Å²) in [4.78, 5) is 27.3. The van der Waals surface area contributed by atoms with Gasteiger partial charge in [0.25, 0.3) is 0 Å². The lowest BCUT2D eigenvalue weighted by atomic mass is 10.1. The minimum atomic E-state index is -0.308. The van der Waals surface area contributed by atoms with Crippen molar-refractivity contribution in [3.05, 3.63) is 35.9 Å². The van der Waals surface area contributed by atoms with Gasteiger partial charge in [-0.3, -0.25) is 0 Å². The summed E-state index contributed by atoms with van der Waals surface area (Å²) in [7, 11) is 0. The molecule has 0 saturated carbocycles. The van der Waals surface area contributed by atoms with E-state index in [1.807, 2.05) is 44.2 Å². The van der Waals surface area contributed by atoms with Crippen molar-refractivity contribution in [3.8, 4) is 0 Å². The predicted octanol–water partition coefficient (Wildman–Crippen LogP) is 3.15. The number of hydrogen-bond donors (Lipinski definition) is 0. The zero-order valence-electron chi connectivity index (χ0n) is 12.6. The first-order chi connectivity index (χ1) is 10.3. The van der Waals surface area contributed by atoms with Gasteiger partial charge in [-0.2, -0.15) is 0 Å². The van der Waals surface area contributed by atoms with Gasteiger partial charge < -0.3 is 9.64 Å². The molecule has 0 bridgehead atoms. The molecule has 0 aliphatic carbocycles. The Hall–Kier alpha value is -2.13. The highest BCUT2D eigenvalue weighted by Gasteiger charge is 2.23. The van der Waals surface area contributed by atoms with Crippen LogP contribution in [0.5, 0.6) is 0 Å². The summed E-state index contributed by atoms with van der Waals surface area (Å²) in [5.74, 6) is 0. The van der Waals surface area contributed by atoms with Crippen LogP contribution in [0.25, 0.3) is 0 Å². The molecule has 5 heteroatoms. The third-order valence-corrected chi connectivity index (χ3v) is 3.16. The van der Waals surface area contributed by atoms with Crippen LogP contribution in [-0.4, -0.2) is 36.2 Å². The van der Waals surface area contributed by atoms with Gasteiger partial charge in [0.1, 0.15) is 6.61 Å². The van der Waals surface area contributed by atoms with E-state index in [-0.39, 0.29) is 18.7 Å². The van der Waals surface area contributed by atoms with Crippen molar-refractivity contribution in [3.63, 3.8) is 0 Å². The molecule has 21 heavy (non-hydrogen) atoms. The number of rotatable bonds is 3. The summed E-state index contributed by atoms with van der Waals surface area (Å²) in [6, 6.07) is 9.56. The molecule has 0 aromatic heterocycles. The first-order valence-electron chi connectivity index (χ1n) is 7.32. The molecule has 1 heterocycles. The van der Waals surface area contributed by atoms with Gasteiger partial charge in [-0.25, -0.2) is 14.6 Å². The SMILES string of the molecule is CC.O=C=NC1CCN(C(=O)OCc2ccccc2)CC1. The molecule has 1 fully saturated rings. The molecule has 0 spiro atoms. The first-order valence-corrected chi connectivity index (χ1v) is 7.32. The van der Waals surface area contributed by atoms with Crippen LogP contribution in [-0.2, 0) is 16.1 Å². The number of hydrogen-bond acceptors (Lipinski definition) is 4. The second kappa shape index (κ2) is 9.72. The van der Waals surface area contributed by atoms with E-state index in [1.54, 1.807) is 11.0 Å². The topological polar surface area (TPSA) is 59.0 Å². The zero-order valence-corrected chi connectivity index (χ0v) is 12.6. The average Bonchev–Trinajstić information content (AvgIpc) is 2.56. The summed E-state index contributed by atoms with van der Waals surface area (Å²) in [5.41, 5.74) is 0.969. The summed E-state index contributed by atoms with van der Waals surface area (Å²) in [6.45, 7) is 5.43. The highest BCUT2D eigenvalue weighted by atomic mass is 16.6. The van der Waals surface area contributed by atoms with Crippen LogP contribution in [0.2, 0.25) is 0 Å². The normalized spacial score (nSPS) is 14.5. The van der Waals surface area contributed by atoms with Crippen LogP contribution in [0.4, 0.5) is 4.79 Å². The molecule has 0 unspecified atom stereocenters. The third-order valence-electron chi connectivity index (χ3n) is 3.16. The van der Waals surface area contributed by atoms with E-state index in [0.717, 1.165) is 5.56 Å². The Morgan fingerprint density at radius 2 is 1.90 bits per heavy atom. The molecule has 0 atom stereocenters. The van der Waals surface area contributed by atoms with Crippen molar-refractivity contribution in [2.75, 3.05) is 13.1 Å². The van der Waals surface area contributed by atoms with Gasteiger partial charge in [0.05, 0.1) is 6.04 Å². The van der Waals surface area contributed by atoms with Crippen LogP contribution in [0.1, 0.15) is 32.3 Å². The minimum Gasteiger partial charge on any atom is -0.445 e. The fraction of sp³-hybridized carbons (Fsp3) is 0.500. The summed E-state index contributed by atoms with van der Waals surface area (Å²) in [6.07, 6.45) is 2.64. The number of carbonyl (C=O) groups excluding carboxylic acids is 2. The summed E-state index contributed by atoms with van der Waals surface area (Å²) < 4.78 is 5.24. The van der Waals surface area contributed by atoms with Gasteiger partial charge in [-0.1, -0.05) is 44.2 Å². The molecule has 1 amide bonds. The van der Waals surface area contributed by atoms with Crippen molar-refractivity contribution in [1.82, 2.24) is 4.90 Å². The van der Waals surface area contributed by atoms with E-state index in [9.17, 15) is 9.59 Å². The molecule has 0 radical (unpaired) electrons. The molecule has 1 aliphatic rings. The second-order valence-electron chi connectivity index (χ2n) is 4.48. The van der Waals surface area contributed by atoms with Crippen molar-refractivity contribution in [2.45, 2.75) is 39.3 Å². The van der Waals surface area contributed by atoms with E-state index >= 15 is 0 Å². The fourth-order valence-electron chi connectivity index (χ4n) is 2.06. The number of amides is 1. The zero-order chi connectivity index (χ0) is 15.5. The van der Waals surface area contributed by atoms with Gasteiger partial charge in [0, 0.05) is 13.1 Å². The van der Waals surface area contributed by atoms with Crippen LogP contribution >= 0.6 is 0 Å². The van der Waals surface area contributed by atoms with E-state index in [0.29, 0.717) is 25.9 Å². The van der Waals surface area contributed by atoms with E-state index in [1.165, 1.54) is 0 Å². The van der Waals surface area contributed by atoms with Crippen molar-refractivity contribution < 1.29 is 14.3 Å². The Labute approximate surface area is 125 Å². The molecule has 1 aromatic carbocycles. The maximum atomic E-state index is 11.8. The number of isocyanates is 1. The number of carbonyl (C=O) groups is 1. The van der Waals surface area contributed by atoms with Crippen molar-refractivity contribution in [1.29, 1.82) is 0 Å². The van der Waals surface area contributed by atoms with Gasteiger partial charge in [0.15, 0.2) is 0 Å². The van der Waals surface area contributed by atoms with Gasteiger partial charge in [-0.15, -0.1) is 0 Å². The Morgan fingerprint density at radius 1 is 1.29 bits per heavy atom. The predicted molar refractivity (Wildman–Crippen MR) is 80.7 cm³/mol. The molecule has 5 nitrogen and oxygen atoms in total. The molecule has 1 aliphatic heterocycles. The lowest BCUT2D eigenvalue weighted by Crippen LogP contribution is -2.39. The lowest BCUT2D eigenvalue weighted by Gasteiger charge is -2.28. The molecular formula is C16H22N2O3. The molecule has 0 N–H and O–H groups in total. The Balaban J connectivity index is 0.00000106. The fourth-order valence-corrected chi connectivity index (χ4v) is 2.06. The smallest absolute Gasteiger partial charge is 0.410 e. The van der Waals surface area contributed by atoms with Crippen LogP contribution in [0.3, 0.4) is 0 Å². The minimum absolute atomic E-state index is 0.00401. The van der Waals surface area contributed by atoms with Crippen LogP contribution in [0, 0.1) is 0 Å². The van der Waals surface area contributed by atoms with Crippen molar-refractivity contribution in [2.24, 2.45) is 4.99 Å². The number of piperidine rings is 1. The van der Waals surface area contributed by atoms with E-state index in [2.05, 4.69) is 4.99 Å². The van der Waals surface area contributed by atoms with Gasteiger partial charge in [0.2, 0.25) is 6.08 Å². The Kier molecular flexibility index (Phi) is 7.84. The summed E-state index contributed by atoms with van der Waals surface area (Å²) >= 11 is 0. The highest BCUT2D eigenvalue weighted by Crippen LogP contribution is 2.14. The molecule has 2 rings (SSSR count). The number of benzene rings is 1. The Morgan fingerprint density at radius 3 is 2.48 bits per heavy atom. The maximum absolute atomic E-state index is 11.8. The lowest BCUT2D eigenvalue weighted by molar-refractivity contribution is 0.0874. The van der Waals surface area contributed by atoms with E-state index < -0.39 is 0 Å². The summed E-state index contributed by atoms with van der Waals surface area (Å²) in [5, 5.41) is 0. The second-order valence-corrected chi connectivity index (χ2v) is 4.48. The quantitative estimate of drug-likeness (QED) is 0.634. The monoisotopic (exact) mass is 290 g/mol. The van der Waals surface area contributed by atoms with Gasteiger partial charge in [-0.05, 0) is 18.4 Å². The molecule has 114 valence electrons. The highest BCUT2D eigenvalue weighted by molar-refractivity contribution is 5.67. The van der Waals surface area contributed by atoms with Crippen molar-refractivity contribution >= 4 is 12.2 Å². The van der Waals surface area contributed by atoms with Crippen LogP contribution in [0.15, 0.2) is 35.3 Å². The largest absolute Gasteiger partial charge is 0.445 e. The Bertz CT molecular complexity index is 462. The average molecular weight is 290 g/mol. The molecular weight excluding hydrogens is 268 g/mol. The standard InChI is InChI=1S/C14H16N2O3.C2H6/c17-11-15-13-6-8-16(9-7-13)14(18)19-10-12-4-2-1-3-5-12;1-2/h1-5,13H,6-10H2;1-2H3. The number of nitrogens with zero attached hydrogens (tertiary/aromatic N) is 2. The number of aliphatic imine (C=N–C) groups is 1. The maximum Gasteiger partial charge on any atom is 0.410 e. The first kappa shape index (κ1) is 16.9. The van der Waals surface area contributed by atoms with Crippen LogP contribution < -0.4 is 0 Å². The number of ether oxygens (including phenoxy) is 1. The molecule has 1 aromatic rings. The van der Waals surface area contributed by atoms with E-state index in [4.69, 9.17) is 4.74 Å². The third kappa shape index (κ3) is 5.79. The van der Waals surface area contributed by atoms with Gasteiger partial charge >= 0.3 is 6.09 Å². The number of likely N-dealkylation sites (tertiary alicyclic amines) is 1.